The zero-order chi connectivity index (χ0) is 9.28. The van der Waals surface area contributed by atoms with Crippen LogP contribution in [0.4, 0.5) is 0 Å². The van der Waals surface area contributed by atoms with Crippen LogP contribution in [0.3, 0.4) is 0 Å². The standard InChI is InChI=1S/C11H20/c1-8-9(10(2,3)4)11(5,6)7/h1,9H,2-7H3. The summed E-state index contributed by atoms with van der Waals surface area (Å²) in [6.45, 7) is 13.2. The van der Waals surface area contributed by atoms with Gasteiger partial charge in [-0.1, -0.05) is 41.5 Å². The molecule has 0 aliphatic carbocycles. The van der Waals surface area contributed by atoms with Crippen LogP contribution in [0, 0.1) is 29.1 Å². The first-order valence-corrected chi connectivity index (χ1v) is 4.15. The SMILES string of the molecule is C#CC(C(C)(C)C)C(C)(C)C. The van der Waals surface area contributed by atoms with Gasteiger partial charge in [0.2, 0.25) is 0 Å². The highest BCUT2D eigenvalue weighted by molar-refractivity contribution is 5.03. The van der Waals surface area contributed by atoms with Crippen molar-refractivity contribution in [3.05, 3.63) is 0 Å². The van der Waals surface area contributed by atoms with Crippen LogP contribution in [0.15, 0.2) is 0 Å². The van der Waals surface area contributed by atoms with Gasteiger partial charge in [-0.3, -0.25) is 0 Å². The van der Waals surface area contributed by atoms with Crippen molar-refractivity contribution in [3.8, 4) is 12.3 Å². The highest BCUT2D eigenvalue weighted by Gasteiger charge is 2.32. The summed E-state index contributed by atoms with van der Waals surface area (Å²) in [5.74, 6) is 3.22. The molecular weight excluding hydrogens is 132 g/mol. The van der Waals surface area contributed by atoms with E-state index in [4.69, 9.17) is 6.42 Å². The first kappa shape index (κ1) is 10.6. The van der Waals surface area contributed by atoms with Gasteiger partial charge in [-0.05, 0) is 10.8 Å². The average Bonchev–Trinajstić information content (AvgIpc) is 1.56. The van der Waals surface area contributed by atoms with Gasteiger partial charge in [0.25, 0.3) is 0 Å². The second kappa shape index (κ2) is 2.89. The summed E-state index contributed by atoms with van der Waals surface area (Å²) in [5, 5.41) is 0. The molecule has 0 nitrogen and oxygen atoms in total. The summed E-state index contributed by atoms with van der Waals surface area (Å²) in [6, 6.07) is 0. The Morgan fingerprint density at radius 1 is 0.909 bits per heavy atom. The van der Waals surface area contributed by atoms with Crippen molar-refractivity contribution in [2.24, 2.45) is 16.7 Å². The van der Waals surface area contributed by atoms with Crippen molar-refractivity contribution in [2.75, 3.05) is 0 Å². The fraction of sp³-hybridized carbons (Fsp3) is 0.818. The van der Waals surface area contributed by atoms with E-state index in [2.05, 4.69) is 47.5 Å². The molecule has 0 spiro atoms. The van der Waals surface area contributed by atoms with Crippen LogP contribution in [0.25, 0.3) is 0 Å². The lowest BCUT2D eigenvalue weighted by molar-refractivity contribution is 0.158. The molecule has 0 aromatic carbocycles. The van der Waals surface area contributed by atoms with Crippen molar-refractivity contribution < 1.29 is 0 Å². The van der Waals surface area contributed by atoms with E-state index in [0.29, 0.717) is 5.92 Å². The summed E-state index contributed by atoms with van der Waals surface area (Å²) >= 11 is 0. The summed E-state index contributed by atoms with van der Waals surface area (Å²) in [6.07, 6.45) is 5.50. The van der Waals surface area contributed by atoms with Gasteiger partial charge in [-0.2, -0.15) is 0 Å². The fourth-order valence-electron chi connectivity index (χ4n) is 1.80. The number of rotatable bonds is 0. The molecular formula is C11H20. The van der Waals surface area contributed by atoms with Crippen molar-refractivity contribution >= 4 is 0 Å². The van der Waals surface area contributed by atoms with Gasteiger partial charge in [0.1, 0.15) is 0 Å². The molecule has 0 aliphatic rings. The van der Waals surface area contributed by atoms with Gasteiger partial charge in [0.05, 0.1) is 0 Å². The minimum atomic E-state index is 0.215. The van der Waals surface area contributed by atoms with E-state index in [0.717, 1.165) is 0 Å². The van der Waals surface area contributed by atoms with Crippen molar-refractivity contribution in [1.82, 2.24) is 0 Å². The van der Waals surface area contributed by atoms with Crippen LogP contribution in [-0.4, -0.2) is 0 Å². The second-order valence-corrected chi connectivity index (χ2v) is 5.33. The van der Waals surface area contributed by atoms with Gasteiger partial charge in [0.15, 0.2) is 0 Å². The van der Waals surface area contributed by atoms with E-state index < -0.39 is 0 Å². The van der Waals surface area contributed by atoms with E-state index >= 15 is 0 Å². The van der Waals surface area contributed by atoms with Crippen LogP contribution in [-0.2, 0) is 0 Å². The second-order valence-electron chi connectivity index (χ2n) is 5.33. The topological polar surface area (TPSA) is 0 Å². The number of terminal acetylenes is 1. The monoisotopic (exact) mass is 152 g/mol. The molecule has 0 atom stereocenters. The highest BCUT2D eigenvalue weighted by atomic mass is 14.4. The van der Waals surface area contributed by atoms with Gasteiger partial charge in [-0.15, -0.1) is 12.3 Å². The minimum Gasteiger partial charge on any atom is -0.120 e. The number of hydrogen-bond donors (Lipinski definition) is 0. The normalized spacial score (nSPS) is 13.3. The Hall–Kier alpha value is -0.440. The summed E-state index contributed by atoms with van der Waals surface area (Å²) in [7, 11) is 0. The minimum absolute atomic E-state index is 0.215. The molecule has 64 valence electrons. The van der Waals surface area contributed by atoms with Crippen LogP contribution in [0.2, 0.25) is 0 Å². The van der Waals surface area contributed by atoms with Crippen molar-refractivity contribution in [3.63, 3.8) is 0 Å². The third-order valence-corrected chi connectivity index (χ3v) is 1.90. The quantitative estimate of drug-likeness (QED) is 0.467. The Morgan fingerprint density at radius 3 is 1.18 bits per heavy atom. The van der Waals surface area contributed by atoms with Gasteiger partial charge < -0.3 is 0 Å². The van der Waals surface area contributed by atoms with Gasteiger partial charge in [0, 0.05) is 5.92 Å². The maximum atomic E-state index is 5.50. The highest BCUT2D eigenvalue weighted by Crippen LogP contribution is 2.38. The zero-order valence-corrected chi connectivity index (χ0v) is 8.65. The van der Waals surface area contributed by atoms with Gasteiger partial charge in [-0.25, -0.2) is 0 Å². The lowest BCUT2D eigenvalue weighted by Gasteiger charge is -2.36. The van der Waals surface area contributed by atoms with E-state index in [1.54, 1.807) is 0 Å². The fourth-order valence-corrected chi connectivity index (χ4v) is 1.80. The average molecular weight is 152 g/mol. The Balaban J connectivity index is 4.60. The predicted octanol–water partition coefficient (Wildman–Crippen LogP) is 3.33. The molecule has 0 unspecified atom stereocenters. The largest absolute Gasteiger partial charge is 0.120 e. The molecule has 0 fully saturated rings. The first-order chi connectivity index (χ1) is 4.69. The molecule has 0 bridgehead atoms. The molecule has 0 aromatic heterocycles. The van der Waals surface area contributed by atoms with E-state index in [9.17, 15) is 0 Å². The third-order valence-electron chi connectivity index (χ3n) is 1.90. The summed E-state index contributed by atoms with van der Waals surface area (Å²) in [5.41, 5.74) is 0.431. The molecule has 0 heteroatoms. The third kappa shape index (κ3) is 2.97. The van der Waals surface area contributed by atoms with E-state index in [1.807, 2.05) is 0 Å². The lowest BCUT2D eigenvalue weighted by Crippen LogP contribution is -2.31. The molecule has 0 aromatic rings. The predicted molar refractivity (Wildman–Crippen MR) is 51.2 cm³/mol. The van der Waals surface area contributed by atoms with Crippen molar-refractivity contribution in [1.29, 1.82) is 0 Å². The van der Waals surface area contributed by atoms with Crippen LogP contribution >= 0.6 is 0 Å². The van der Waals surface area contributed by atoms with Crippen LogP contribution in [0.5, 0.6) is 0 Å². The molecule has 0 rings (SSSR count). The molecule has 0 saturated heterocycles. The van der Waals surface area contributed by atoms with E-state index in [-0.39, 0.29) is 10.8 Å². The van der Waals surface area contributed by atoms with Gasteiger partial charge >= 0.3 is 0 Å². The Morgan fingerprint density at radius 2 is 1.18 bits per heavy atom. The van der Waals surface area contributed by atoms with E-state index in [1.165, 1.54) is 0 Å². The molecule has 11 heavy (non-hydrogen) atoms. The number of hydrogen-bond acceptors (Lipinski definition) is 0. The Bertz CT molecular complexity index is 142. The Kier molecular flexibility index (Phi) is 2.78. The molecule has 0 aliphatic heterocycles. The summed E-state index contributed by atoms with van der Waals surface area (Å²) < 4.78 is 0. The molecule has 0 N–H and O–H groups in total. The van der Waals surface area contributed by atoms with Crippen molar-refractivity contribution in [2.45, 2.75) is 41.5 Å². The van der Waals surface area contributed by atoms with Crippen LogP contribution < -0.4 is 0 Å². The summed E-state index contributed by atoms with van der Waals surface area (Å²) in [4.78, 5) is 0. The maximum Gasteiger partial charge on any atom is 0.0297 e. The Labute approximate surface area is 71.4 Å². The molecule has 0 radical (unpaired) electrons. The smallest absolute Gasteiger partial charge is 0.0297 e. The first-order valence-electron chi connectivity index (χ1n) is 4.15. The molecule has 0 saturated carbocycles. The lowest BCUT2D eigenvalue weighted by atomic mass is 9.67. The molecule has 0 amide bonds. The maximum absolute atomic E-state index is 5.50. The van der Waals surface area contributed by atoms with Crippen LogP contribution in [0.1, 0.15) is 41.5 Å². The molecule has 0 heterocycles. The zero-order valence-electron chi connectivity index (χ0n) is 8.65.